The number of fused-ring (bicyclic) bond motifs is 1. The van der Waals surface area contributed by atoms with E-state index in [-0.39, 0.29) is 24.5 Å². The number of hydrogen-bond donors (Lipinski definition) is 1. The molecule has 1 fully saturated rings. The zero-order valence-electron chi connectivity index (χ0n) is 15.6. The maximum Gasteiger partial charge on any atom is 0.246 e. The summed E-state index contributed by atoms with van der Waals surface area (Å²) < 4.78 is 16.0. The van der Waals surface area contributed by atoms with E-state index < -0.39 is 0 Å². The monoisotopic (exact) mass is 382 g/mol. The fourth-order valence-corrected chi connectivity index (χ4v) is 3.38. The third-order valence-corrected chi connectivity index (χ3v) is 4.97. The van der Waals surface area contributed by atoms with Gasteiger partial charge < -0.3 is 24.1 Å². The lowest BCUT2D eigenvalue weighted by Crippen LogP contribution is -2.40. The van der Waals surface area contributed by atoms with E-state index in [1.807, 2.05) is 19.1 Å². The molecule has 0 aliphatic carbocycles. The molecule has 2 aromatic rings. The summed E-state index contributed by atoms with van der Waals surface area (Å²) in [6.07, 6.45) is 4.46. The van der Waals surface area contributed by atoms with Crippen molar-refractivity contribution in [2.45, 2.75) is 19.8 Å². The van der Waals surface area contributed by atoms with E-state index in [1.54, 1.807) is 29.2 Å². The van der Waals surface area contributed by atoms with Crippen LogP contribution in [0.1, 0.15) is 24.4 Å². The maximum atomic E-state index is 12.5. The average molecular weight is 382 g/mol. The van der Waals surface area contributed by atoms with Gasteiger partial charge in [0, 0.05) is 36.8 Å². The fourth-order valence-electron chi connectivity index (χ4n) is 3.38. The largest absolute Gasteiger partial charge is 0.462 e. The zero-order chi connectivity index (χ0) is 19.5. The first-order valence-electron chi connectivity index (χ1n) is 9.32. The molecule has 0 spiro atoms. The zero-order valence-corrected chi connectivity index (χ0v) is 15.6. The van der Waals surface area contributed by atoms with Crippen molar-refractivity contribution in [3.63, 3.8) is 0 Å². The lowest BCUT2D eigenvalue weighted by atomic mass is 9.95. The molecule has 3 heterocycles. The second-order valence-electron chi connectivity index (χ2n) is 6.94. The number of nitrogens with zero attached hydrogens (tertiary/aromatic N) is 1. The van der Waals surface area contributed by atoms with Crippen molar-refractivity contribution in [1.29, 1.82) is 0 Å². The van der Waals surface area contributed by atoms with Gasteiger partial charge in [-0.1, -0.05) is 0 Å². The van der Waals surface area contributed by atoms with E-state index in [0.29, 0.717) is 48.9 Å². The Morgan fingerprint density at radius 2 is 1.89 bits per heavy atom. The minimum atomic E-state index is -0.119. The Labute approximate surface area is 162 Å². The van der Waals surface area contributed by atoms with Crippen molar-refractivity contribution in [1.82, 2.24) is 4.90 Å². The molecule has 0 unspecified atom stereocenters. The molecule has 7 heteroatoms. The molecule has 2 amide bonds. The molecule has 0 atom stereocenters. The van der Waals surface area contributed by atoms with Gasteiger partial charge in [-0.3, -0.25) is 9.59 Å². The van der Waals surface area contributed by atoms with Crippen LogP contribution in [0.15, 0.2) is 40.8 Å². The van der Waals surface area contributed by atoms with E-state index >= 15 is 0 Å². The number of carbonyl (C=O) groups excluding carboxylic acids is 2. The molecule has 1 aromatic heterocycles. The van der Waals surface area contributed by atoms with Crippen LogP contribution in [0.4, 0.5) is 5.69 Å². The standard InChI is InChI=1S/C21H22N2O5/c1-14-2-4-17(28-14)5-7-20(24)23-10-8-15(9-11-23)21(25)22-16-3-6-18-19(12-16)27-13-26-18/h2-7,12,15H,8-11,13H2,1H3,(H,22,25)/b7-5+. The lowest BCUT2D eigenvalue weighted by Gasteiger charge is -2.30. The fraction of sp³-hybridized carbons (Fsp3) is 0.333. The van der Waals surface area contributed by atoms with E-state index in [9.17, 15) is 9.59 Å². The van der Waals surface area contributed by atoms with E-state index in [2.05, 4.69) is 5.32 Å². The second kappa shape index (κ2) is 7.80. The first-order valence-corrected chi connectivity index (χ1v) is 9.32. The molecule has 0 saturated carbocycles. The highest BCUT2D eigenvalue weighted by molar-refractivity contribution is 5.94. The number of benzene rings is 1. The van der Waals surface area contributed by atoms with Crippen LogP contribution in [-0.2, 0) is 9.59 Å². The van der Waals surface area contributed by atoms with Gasteiger partial charge in [-0.05, 0) is 50.1 Å². The number of amides is 2. The van der Waals surface area contributed by atoms with Crippen LogP contribution in [0.3, 0.4) is 0 Å². The molecule has 146 valence electrons. The van der Waals surface area contributed by atoms with Gasteiger partial charge in [0.25, 0.3) is 0 Å². The Morgan fingerprint density at radius 1 is 1.11 bits per heavy atom. The van der Waals surface area contributed by atoms with E-state index in [1.165, 1.54) is 6.08 Å². The van der Waals surface area contributed by atoms with Gasteiger partial charge >= 0.3 is 0 Å². The van der Waals surface area contributed by atoms with Gasteiger partial charge in [-0.25, -0.2) is 0 Å². The molecule has 7 nitrogen and oxygen atoms in total. The minimum Gasteiger partial charge on any atom is -0.462 e. The lowest BCUT2D eigenvalue weighted by molar-refractivity contribution is -0.130. The Kier molecular flexibility index (Phi) is 5.06. The van der Waals surface area contributed by atoms with E-state index in [0.717, 1.165) is 5.76 Å². The van der Waals surface area contributed by atoms with Crippen LogP contribution in [0.25, 0.3) is 6.08 Å². The van der Waals surface area contributed by atoms with Crippen LogP contribution in [0.2, 0.25) is 0 Å². The SMILES string of the molecule is Cc1ccc(/C=C/C(=O)N2CCC(C(=O)Nc3ccc4c(c3)OCO4)CC2)o1. The first kappa shape index (κ1) is 18.2. The molecule has 28 heavy (non-hydrogen) atoms. The van der Waals surface area contributed by atoms with Crippen LogP contribution in [0, 0.1) is 12.8 Å². The number of ether oxygens (including phenoxy) is 2. The van der Waals surface area contributed by atoms with E-state index in [4.69, 9.17) is 13.9 Å². The highest BCUT2D eigenvalue weighted by atomic mass is 16.7. The van der Waals surface area contributed by atoms with Gasteiger partial charge in [0.2, 0.25) is 18.6 Å². The quantitative estimate of drug-likeness (QED) is 0.822. The van der Waals surface area contributed by atoms with Crippen LogP contribution < -0.4 is 14.8 Å². The van der Waals surface area contributed by atoms with Crippen molar-refractivity contribution >= 4 is 23.6 Å². The van der Waals surface area contributed by atoms with Crippen molar-refractivity contribution in [3.8, 4) is 11.5 Å². The Hall–Kier alpha value is -3.22. The summed E-state index contributed by atoms with van der Waals surface area (Å²) in [6, 6.07) is 9.03. The predicted molar refractivity (Wildman–Crippen MR) is 103 cm³/mol. The number of aryl methyl sites for hydroxylation is 1. The molecule has 0 bridgehead atoms. The summed E-state index contributed by atoms with van der Waals surface area (Å²) >= 11 is 0. The highest BCUT2D eigenvalue weighted by Crippen LogP contribution is 2.34. The molecule has 1 aromatic carbocycles. The van der Waals surface area contributed by atoms with Crippen molar-refractivity contribution < 1.29 is 23.5 Å². The summed E-state index contributed by atoms with van der Waals surface area (Å²) in [4.78, 5) is 26.6. The number of nitrogens with one attached hydrogen (secondary N) is 1. The smallest absolute Gasteiger partial charge is 0.246 e. The molecule has 2 aliphatic heterocycles. The van der Waals surface area contributed by atoms with Crippen molar-refractivity contribution in [2.75, 3.05) is 25.2 Å². The van der Waals surface area contributed by atoms with Crippen LogP contribution in [-0.4, -0.2) is 36.6 Å². The van der Waals surface area contributed by atoms with Gasteiger partial charge in [0.05, 0.1) is 0 Å². The third kappa shape index (κ3) is 4.03. The molecule has 0 radical (unpaired) electrons. The van der Waals surface area contributed by atoms with Gasteiger partial charge in [0.1, 0.15) is 11.5 Å². The molecule has 1 N–H and O–H groups in total. The summed E-state index contributed by atoms with van der Waals surface area (Å²) in [5.74, 6) is 2.56. The molecule has 1 saturated heterocycles. The summed E-state index contributed by atoms with van der Waals surface area (Å²) in [5, 5.41) is 2.93. The topological polar surface area (TPSA) is 81.0 Å². The van der Waals surface area contributed by atoms with Gasteiger partial charge in [0.15, 0.2) is 11.5 Å². The summed E-state index contributed by atoms with van der Waals surface area (Å²) in [5.41, 5.74) is 0.685. The molecule has 2 aliphatic rings. The number of likely N-dealkylation sites (tertiary alicyclic amines) is 1. The molecule has 4 rings (SSSR count). The second-order valence-corrected chi connectivity index (χ2v) is 6.94. The van der Waals surface area contributed by atoms with Crippen molar-refractivity contribution in [2.24, 2.45) is 5.92 Å². The molecular weight excluding hydrogens is 360 g/mol. The van der Waals surface area contributed by atoms with Crippen LogP contribution in [0.5, 0.6) is 11.5 Å². The molecular formula is C21H22N2O5. The van der Waals surface area contributed by atoms with Gasteiger partial charge in [-0.15, -0.1) is 0 Å². The minimum absolute atomic E-state index is 0.0347. The highest BCUT2D eigenvalue weighted by Gasteiger charge is 2.27. The number of furan rings is 1. The number of hydrogen-bond acceptors (Lipinski definition) is 5. The summed E-state index contributed by atoms with van der Waals surface area (Å²) in [7, 11) is 0. The number of piperidine rings is 1. The van der Waals surface area contributed by atoms with Crippen LogP contribution >= 0.6 is 0 Å². The normalized spacial score (nSPS) is 16.5. The Bertz CT molecular complexity index is 909. The van der Waals surface area contributed by atoms with Gasteiger partial charge in [-0.2, -0.15) is 0 Å². The Morgan fingerprint density at radius 3 is 2.64 bits per heavy atom. The Balaban J connectivity index is 1.28. The number of anilines is 1. The maximum absolute atomic E-state index is 12.5. The summed E-state index contributed by atoms with van der Waals surface area (Å²) in [6.45, 7) is 3.17. The predicted octanol–water partition coefficient (Wildman–Crippen LogP) is 3.21. The third-order valence-electron chi connectivity index (χ3n) is 4.97. The average Bonchev–Trinajstić information content (AvgIpc) is 3.34. The first-order chi connectivity index (χ1) is 13.6. The number of rotatable bonds is 4. The number of carbonyl (C=O) groups is 2. The van der Waals surface area contributed by atoms with Crippen molar-refractivity contribution in [3.05, 3.63) is 47.9 Å².